The molecule has 1 aliphatic heterocycles. The molecule has 0 aromatic heterocycles. The molecule has 6 nitrogen and oxygen atoms in total. The van der Waals surface area contributed by atoms with Crippen LogP contribution < -0.4 is 5.14 Å². The SMILES string of the molecule is CC1OCCC1N(C)C(=O)c1cc(S(N)(=O)=O)ccc1Br. The van der Waals surface area contributed by atoms with Gasteiger partial charge in [0.1, 0.15) is 0 Å². The highest BCUT2D eigenvalue weighted by Gasteiger charge is 2.31. The summed E-state index contributed by atoms with van der Waals surface area (Å²) in [5.74, 6) is -0.269. The summed E-state index contributed by atoms with van der Waals surface area (Å²) in [5.41, 5.74) is 0.267. The van der Waals surface area contributed by atoms with Crippen molar-refractivity contribution in [3.63, 3.8) is 0 Å². The van der Waals surface area contributed by atoms with Crippen molar-refractivity contribution in [2.75, 3.05) is 13.7 Å². The average Bonchev–Trinajstić information content (AvgIpc) is 2.82. The molecule has 1 aliphatic rings. The summed E-state index contributed by atoms with van der Waals surface area (Å²) in [6.45, 7) is 2.53. The Bertz CT molecular complexity index is 662. The number of halogens is 1. The van der Waals surface area contributed by atoms with E-state index in [-0.39, 0.29) is 28.5 Å². The second-order valence-corrected chi connectivity index (χ2v) is 7.45. The first-order valence-electron chi connectivity index (χ1n) is 6.43. The normalized spacial score (nSPS) is 22.3. The van der Waals surface area contributed by atoms with Crippen LogP contribution in [0.2, 0.25) is 0 Å². The maximum atomic E-state index is 12.6. The Kier molecular flexibility index (Phi) is 4.72. The van der Waals surface area contributed by atoms with E-state index in [1.807, 2.05) is 6.92 Å². The largest absolute Gasteiger partial charge is 0.376 e. The van der Waals surface area contributed by atoms with Crippen molar-refractivity contribution in [1.82, 2.24) is 4.90 Å². The lowest BCUT2D eigenvalue weighted by molar-refractivity contribution is 0.0573. The molecular weight excluding hydrogens is 360 g/mol. The minimum absolute atomic E-state index is 0.0254. The van der Waals surface area contributed by atoms with Gasteiger partial charge in [0.2, 0.25) is 10.0 Å². The zero-order valence-corrected chi connectivity index (χ0v) is 14.1. The molecule has 1 heterocycles. The van der Waals surface area contributed by atoms with Crippen molar-refractivity contribution in [2.24, 2.45) is 5.14 Å². The molecule has 1 aromatic rings. The van der Waals surface area contributed by atoms with Crippen LogP contribution >= 0.6 is 15.9 Å². The molecule has 2 rings (SSSR count). The van der Waals surface area contributed by atoms with E-state index in [1.54, 1.807) is 11.9 Å². The van der Waals surface area contributed by atoms with Crippen molar-refractivity contribution >= 4 is 31.9 Å². The van der Waals surface area contributed by atoms with E-state index >= 15 is 0 Å². The summed E-state index contributed by atoms with van der Waals surface area (Å²) in [6.07, 6.45) is 0.717. The molecule has 1 amide bonds. The molecule has 2 atom stereocenters. The second kappa shape index (κ2) is 6.04. The first kappa shape index (κ1) is 16.4. The van der Waals surface area contributed by atoms with Crippen LogP contribution in [0.1, 0.15) is 23.7 Å². The number of benzene rings is 1. The van der Waals surface area contributed by atoms with E-state index in [9.17, 15) is 13.2 Å². The van der Waals surface area contributed by atoms with Gasteiger partial charge in [-0.2, -0.15) is 0 Å². The number of primary sulfonamides is 1. The van der Waals surface area contributed by atoms with Gasteiger partial charge in [-0.05, 0) is 47.5 Å². The van der Waals surface area contributed by atoms with E-state index in [1.165, 1.54) is 18.2 Å². The number of ether oxygens (including phenoxy) is 1. The Labute approximate surface area is 132 Å². The third-order valence-electron chi connectivity index (χ3n) is 3.65. The van der Waals surface area contributed by atoms with E-state index in [4.69, 9.17) is 9.88 Å². The Morgan fingerprint density at radius 3 is 2.67 bits per heavy atom. The molecule has 1 aromatic carbocycles. The van der Waals surface area contributed by atoms with Crippen LogP contribution in [0, 0.1) is 0 Å². The van der Waals surface area contributed by atoms with Crippen molar-refractivity contribution < 1.29 is 17.9 Å². The number of likely N-dealkylation sites (N-methyl/N-ethyl adjacent to an activating group) is 1. The molecule has 21 heavy (non-hydrogen) atoms. The average molecular weight is 377 g/mol. The van der Waals surface area contributed by atoms with Gasteiger partial charge in [0.15, 0.2) is 0 Å². The highest BCUT2D eigenvalue weighted by molar-refractivity contribution is 9.10. The van der Waals surface area contributed by atoms with Crippen molar-refractivity contribution in [3.8, 4) is 0 Å². The standard InChI is InChI=1S/C13H17BrN2O4S/c1-8-12(5-6-20-8)16(2)13(17)10-7-9(21(15,18)19)3-4-11(10)14/h3-4,7-8,12H,5-6H2,1-2H3,(H2,15,18,19). The van der Waals surface area contributed by atoms with Gasteiger partial charge in [0.25, 0.3) is 5.91 Å². The third-order valence-corrected chi connectivity index (χ3v) is 5.25. The summed E-state index contributed by atoms with van der Waals surface area (Å²) < 4.78 is 28.8. The number of hydrogen-bond acceptors (Lipinski definition) is 4. The minimum atomic E-state index is -3.85. The smallest absolute Gasteiger partial charge is 0.255 e. The fraction of sp³-hybridized carbons (Fsp3) is 0.462. The first-order chi connectivity index (χ1) is 9.71. The van der Waals surface area contributed by atoms with Gasteiger partial charge < -0.3 is 9.64 Å². The van der Waals surface area contributed by atoms with Crippen LogP contribution in [-0.4, -0.2) is 45.0 Å². The first-order valence-corrected chi connectivity index (χ1v) is 8.77. The van der Waals surface area contributed by atoms with E-state index in [0.29, 0.717) is 11.1 Å². The summed E-state index contributed by atoms with van der Waals surface area (Å²) >= 11 is 3.28. The molecule has 116 valence electrons. The van der Waals surface area contributed by atoms with Crippen LogP contribution in [0.4, 0.5) is 0 Å². The summed E-state index contributed by atoms with van der Waals surface area (Å²) in [6, 6.07) is 4.13. The van der Waals surface area contributed by atoms with E-state index < -0.39 is 10.0 Å². The van der Waals surface area contributed by atoms with E-state index in [0.717, 1.165) is 6.42 Å². The Balaban J connectivity index is 2.34. The van der Waals surface area contributed by atoms with Crippen LogP contribution in [0.5, 0.6) is 0 Å². The van der Waals surface area contributed by atoms with Gasteiger partial charge in [0, 0.05) is 18.1 Å². The minimum Gasteiger partial charge on any atom is -0.376 e. The number of carbonyl (C=O) groups is 1. The van der Waals surface area contributed by atoms with Crippen LogP contribution in [0.15, 0.2) is 27.6 Å². The van der Waals surface area contributed by atoms with Gasteiger partial charge in [-0.1, -0.05) is 0 Å². The number of carbonyl (C=O) groups excluding carboxylic acids is 1. The molecule has 0 radical (unpaired) electrons. The van der Waals surface area contributed by atoms with Crippen molar-refractivity contribution in [2.45, 2.75) is 30.4 Å². The number of nitrogens with zero attached hydrogens (tertiary/aromatic N) is 1. The molecule has 2 unspecified atom stereocenters. The fourth-order valence-corrected chi connectivity index (χ4v) is 3.37. The molecular formula is C13H17BrN2O4S. The summed E-state index contributed by atoms with van der Waals surface area (Å²) in [4.78, 5) is 14.1. The predicted molar refractivity (Wildman–Crippen MR) is 81.4 cm³/mol. The molecule has 0 bridgehead atoms. The van der Waals surface area contributed by atoms with Crippen LogP contribution in [0.25, 0.3) is 0 Å². The Morgan fingerprint density at radius 2 is 2.14 bits per heavy atom. The quantitative estimate of drug-likeness (QED) is 0.861. The summed E-state index contributed by atoms with van der Waals surface area (Å²) in [5, 5.41) is 5.11. The molecule has 2 N–H and O–H groups in total. The Morgan fingerprint density at radius 1 is 1.48 bits per heavy atom. The number of rotatable bonds is 3. The molecule has 8 heteroatoms. The van der Waals surface area contributed by atoms with E-state index in [2.05, 4.69) is 15.9 Å². The van der Waals surface area contributed by atoms with Crippen molar-refractivity contribution in [3.05, 3.63) is 28.2 Å². The van der Waals surface area contributed by atoms with Gasteiger partial charge in [0.05, 0.1) is 22.6 Å². The molecule has 0 spiro atoms. The zero-order valence-electron chi connectivity index (χ0n) is 11.7. The van der Waals surface area contributed by atoms with Gasteiger partial charge >= 0.3 is 0 Å². The number of hydrogen-bond donors (Lipinski definition) is 1. The lowest BCUT2D eigenvalue weighted by Gasteiger charge is -2.27. The summed E-state index contributed by atoms with van der Waals surface area (Å²) in [7, 11) is -2.16. The Hall–Kier alpha value is -0.960. The highest BCUT2D eigenvalue weighted by atomic mass is 79.9. The zero-order chi connectivity index (χ0) is 15.8. The highest BCUT2D eigenvalue weighted by Crippen LogP contribution is 2.25. The van der Waals surface area contributed by atoms with Gasteiger partial charge in [-0.3, -0.25) is 4.79 Å². The topological polar surface area (TPSA) is 89.7 Å². The number of amides is 1. The second-order valence-electron chi connectivity index (χ2n) is 5.03. The maximum Gasteiger partial charge on any atom is 0.255 e. The molecule has 1 fully saturated rings. The molecule has 0 saturated carbocycles. The lowest BCUT2D eigenvalue weighted by atomic mass is 10.1. The third kappa shape index (κ3) is 3.45. The van der Waals surface area contributed by atoms with Gasteiger partial charge in [-0.15, -0.1) is 0 Å². The molecule has 0 aliphatic carbocycles. The van der Waals surface area contributed by atoms with Crippen LogP contribution in [0.3, 0.4) is 0 Å². The predicted octanol–water partition coefficient (Wildman–Crippen LogP) is 1.35. The van der Waals surface area contributed by atoms with Gasteiger partial charge in [-0.25, -0.2) is 13.6 Å². The van der Waals surface area contributed by atoms with Crippen molar-refractivity contribution in [1.29, 1.82) is 0 Å². The lowest BCUT2D eigenvalue weighted by Crippen LogP contribution is -2.41. The fourth-order valence-electron chi connectivity index (χ4n) is 2.41. The number of sulfonamides is 1. The molecule has 1 saturated heterocycles. The number of nitrogens with two attached hydrogens (primary N) is 1. The van der Waals surface area contributed by atoms with Crippen LogP contribution in [-0.2, 0) is 14.8 Å². The monoisotopic (exact) mass is 376 g/mol. The maximum absolute atomic E-state index is 12.6.